The Balaban J connectivity index is 0. The number of aliphatic carboxylic acids is 2. The highest BCUT2D eigenvalue weighted by molar-refractivity contribution is 5.68. The maximum Gasteiger partial charge on any atom is 0.359 e. The van der Waals surface area contributed by atoms with Crippen LogP contribution < -0.4 is 0 Å². The molecular formula is C21H46N2O4+2. The lowest BCUT2D eigenvalue weighted by molar-refractivity contribution is -0.883. The highest BCUT2D eigenvalue weighted by atomic mass is 16.4. The standard InChI is InChI=1S/C16H33NO2.C5H11NO2/c1-4-5-6-7-8-9-10-11-12-13-14-17(2,3)15-16(18)19;1-6(2,3)4-5(7)8/h4-15H2,1-3H3;4H2,1-3H3/p+2. The van der Waals surface area contributed by atoms with Gasteiger partial charge >= 0.3 is 11.9 Å². The first-order chi connectivity index (χ1) is 12.4. The fraction of sp³-hybridized carbons (Fsp3) is 0.905. The summed E-state index contributed by atoms with van der Waals surface area (Å²) >= 11 is 0. The van der Waals surface area contributed by atoms with Gasteiger partial charge in [0.15, 0.2) is 13.1 Å². The molecule has 0 aliphatic heterocycles. The second-order valence-electron chi connectivity index (χ2n) is 9.24. The molecule has 2 N–H and O–H groups in total. The molecular weight excluding hydrogens is 344 g/mol. The maximum absolute atomic E-state index is 10.7. The van der Waals surface area contributed by atoms with E-state index in [1.54, 1.807) is 0 Å². The van der Waals surface area contributed by atoms with Crippen LogP contribution in [0.2, 0.25) is 0 Å². The Hall–Kier alpha value is -1.14. The Bertz CT molecular complexity index is 390. The van der Waals surface area contributed by atoms with E-state index >= 15 is 0 Å². The van der Waals surface area contributed by atoms with Crippen LogP contribution in [0.3, 0.4) is 0 Å². The van der Waals surface area contributed by atoms with Crippen LogP contribution in [0.15, 0.2) is 0 Å². The number of rotatable bonds is 15. The average Bonchev–Trinajstić information content (AvgIpc) is 2.46. The number of carboxylic acids is 2. The normalized spacial score (nSPS) is 11.6. The molecule has 0 rings (SSSR count). The summed E-state index contributed by atoms with van der Waals surface area (Å²) in [5.74, 6) is -1.45. The van der Waals surface area contributed by atoms with Crippen molar-refractivity contribution in [3.63, 3.8) is 0 Å². The van der Waals surface area contributed by atoms with E-state index in [4.69, 9.17) is 10.2 Å². The topological polar surface area (TPSA) is 74.6 Å². The highest BCUT2D eigenvalue weighted by Crippen LogP contribution is 2.11. The molecule has 0 radical (unpaired) electrons. The van der Waals surface area contributed by atoms with Gasteiger partial charge in [0.25, 0.3) is 0 Å². The van der Waals surface area contributed by atoms with E-state index in [0.717, 1.165) is 13.0 Å². The molecule has 6 heteroatoms. The van der Waals surface area contributed by atoms with Gasteiger partial charge in [0.1, 0.15) is 0 Å². The number of quaternary nitrogens is 2. The maximum atomic E-state index is 10.7. The molecule has 0 aliphatic rings. The predicted molar refractivity (Wildman–Crippen MR) is 112 cm³/mol. The molecule has 0 aromatic heterocycles. The van der Waals surface area contributed by atoms with Crippen LogP contribution in [0, 0.1) is 0 Å². The largest absolute Gasteiger partial charge is 0.477 e. The van der Waals surface area contributed by atoms with Crippen molar-refractivity contribution in [1.29, 1.82) is 0 Å². The fourth-order valence-corrected chi connectivity index (χ4v) is 2.88. The predicted octanol–water partition coefficient (Wildman–Crippen LogP) is 3.85. The summed E-state index contributed by atoms with van der Waals surface area (Å²) in [4.78, 5) is 20.7. The summed E-state index contributed by atoms with van der Waals surface area (Å²) in [6.07, 6.45) is 13.3. The quantitative estimate of drug-likeness (QED) is 0.329. The minimum Gasteiger partial charge on any atom is -0.477 e. The lowest BCUT2D eigenvalue weighted by Gasteiger charge is -2.27. The van der Waals surface area contributed by atoms with Gasteiger partial charge in [0.05, 0.1) is 41.8 Å². The van der Waals surface area contributed by atoms with Crippen LogP contribution in [0.1, 0.15) is 71.1 Å². The lowest BCUT2D eigenvalue weighted by Crippen LogP contribution is -2.44. The highest BCUT2D eigenvalue weighted by Gasteiger charge is 2.18. The lowest BCUT2D eigenvalue weighted by atomic mass is 10.1. The van der Waals surface area contributed by atoms with Gasteiger partial charge in [-0.1, -0.05) is 58.3 Å². The SMILES string of the molecule is CCCCCCCCCCCC[N+](C)(C)CC(=O)O.C[N+](C)(C)CC(=O)O. The Morgan fingerprint density at radius 2 is 1.00 bits per heavy atom. The van der Waals surface area contributed by atoms with Crippen molar-refractivity contribution in [2.45, 2.75) is 71.1 Å². The molecule has 0 fully saturated rings. The molecule has 0 unspecified atom stereocenters. The van der Waals surface area contributed by atoms with E-state index in [2.05, 4.69) is 6.92 Å². The molecule has 6 nitrogen and oxygen atoms in total. The Morgan fingerprint density at radius 3 is 1.30 bits per heavy atom. The average molecular weight is 391 g/mol. The number of unbranched alkanes of at least 4 members (excludes halogenated alkanes) is 9. The zero-order valence-electron chi connectivity index (χ0n) is 18.8. The molecule has 0 amide bonds. The van der Waals surface area contributed by atoms with Crippen molar-refractivity contribution in [2.24, 2.45) is 0 Å². The fourth-order valence-electron chi connectivity index (χ4n) is 2.88. The van der Waals surface area contributed by atoms with Crippen molar-refractivity contribution in [3.8, 4) is 0 Å². The van der Waals surface area contributed by atoms with Crippen molar-refractivity contribution < 1.29 is 28.8 Å². The van der Waals surface area contributed by atoms with E-state index in [0.29, 0.717) is 8.97 Å². The van der Waals surface area contributed by atoms with Crippen LogP contribution in [0.5, 0.6) is 0 Å². The van der Waals surface area contributed by atoms with Gasteiger partial charge in [-0.2, -0.15) is 0 Å². The minimum absolute atomic E-state index is 0.181. The summed E-state index contributed by atoms with van der Waals surface area (Å²) < 4.78 is 1.09. The molecule has 0 atom stereocenters. The zero-order valence-corrected chi connectivity index (χ0v) is 18.8. The first-order valence-corrected chi connectivity index (χ1v) is 10.5. The number of carbonyl (C=O) groups is 2. The smallest absolute Gasteiger partial charge is 0.359 e. The molecule has 0 bridgehead atoms. The Kier molecular flexibility index (Phi) is 16.5. The monoisotopic (exact) mass is 390 g/mol. The molecule has 0 saturated carbocycles. The number of carboxylic acid groups (broad SMARTS) is 2. The van der Waals surface area contributed by atoms with Crippen LogP contribution in [0.4, 0.5) is 0 Å². The van der Waals surface area contributed by atoms with Gasteiger partial charge in [-0.15, -0.1) is 0 Å². The van der Waals surface area contributed by atoms with Crippen molar-refractivity contribution in [3.05, 3.63) is 0 Å². The molecule has 0 aromatic carbocycles. The summed E-state index contributed by atoms with van der Waals surface area (Å²) in [7, 11) is 9.53. The third-order valence-electron chi connectivity index (χ3n) is 4.29. The third-order valence-corrected chi connectivity index (χ3v) is 4.29. The summed E-state index contributed by atoms with van der Waals surface area (Å²) in [6.45, 7) is 3.64. The van der Waals surface area contributed by atoms with Crippen LogP contribution >= 0.6 is 0 Å². The second kappa shape index (κ2) is 15.9. The van der Waals surface area contributed by atoms with Crippen molar-refractivity contribution in [1.82, 2.24) is 0 Å². The molecule has 0 spiro atoms. The van der Waals surface area contributed by atoms with E-state index < -0.39 is 11.9 Å². The van der Waals surface area contributed by atoms with Gasteiger partial charge in [-0.25, -0.2) is 9.59 Å². The van der Waals surface area contributed by atoms with Gasteiger partial charge in [-0.3, -0.25) is 0 Å². The molecule has 0 aromatic rings. The molecule has 27 heavy (non-hydrogen) atoms. The van der Waals surface area contributed by atoms with Crippen LogP contribution in [-0.2, 0) is 9.59 Å². The number of hydrogen-bond donors (Lipinski definition) is 2. The van der Waals surface area contributed by atoms with Crippen molar-refractivity contribution in [2.75, 3.05) is 54.9 Å². The van der Waals surface area contributed by atoms with Gasteiger partial charge < -0.3 is 19.2 Å². The van der Waals surface area contributed by atoms with E-state index in [1.807, 2.05) is 35.2 Å². The first-order valence-electron chi connectivity index (χ1n) is 10.5. The second-order valence-corrected chi connectivity index (χ2v) is 9.24. The van der Waals surface area contributed by atoms with E-state index in [9.17, 15) is 9.59 Å². The third kappa shape index (κ3) is 27.2. The summed E-state index contributed by atoms with van der Waals surface area (Å²) in [5.41, 5.74) is 0. The van der Waals surface area contributed by atoms with Crippen LogP contribution in [-0.4, -0.2) is 86.0 Å². The zero-order chi connectivity index (χ0) is 21.3. The first kappa shape index (κ1) is 28.1. The molecule has 162 valence electrons. The number of likely N-dealkylation sites (N-methyl/N-ethyl adjacent to an activating group) is 2. The van der Waals surface area contributed by atoms with Crippen molar-refractivity contribution >= 4 is 11.9 Å². The minimum atomic E-state index is -0.752. The molecule has 0 aliphatic carbocycles. The van der Waals surface area contributed by atoms with E-state index in [1.165, 1.54) is 57.8 Å². The van der Waals surface area contributed by atoms with Gasteiger partial charge in [0, 0.05) is 0 Å². The Labute approximate surface area is 167 Å². The summed E-state index contributed by atoms with van der Waals surface area (Å²) in [6, 6.07) is 0. The number of nitrogens with zero attached hydrogens (tertiary/aromatic N) is 2. The Morgan fingerprint density at radius 1 is 0.630 bits per heavy atom. The molecule has 0 saturated heterocycles. The summed E-state index contributed by atoms with van der Waals surface area (Å²) in [5, 5.41) is 17.0. The molecule has 0 heterocycles. The van der Waals surface area contributed by atoms with Gasteiger partial charge in [-0.05, 0) is 12.8 Å². The van der Waals surface area contributed by atoms with Gasteiger partial charge in [0.2, 0.25) is 0 Å². The van der Waals surface area contributed by atoms with E-state index in [-0.39, 0.29) is 13.1 Å². The number of hydrogen-bond acceptors (Lipinski definition) is 2. The van der Waals surface area contributed by atoms with Crippen LogP contribution in [0.25, 0.3) is 0 Å².